The van der Waals surface area contributed by atoms with Crippen LogP contribution in [-0.2, 0) is 6.42 Å². The number of aryl methyl sites for hydroxylation is 1. The number of pyridine rings is 1. The molecule has 0 amide bonds. The molecule has 0 spiro atoms. The van der Waals surface area contributed by atoms with Gasteiger partial charge in [0.05, 0.1) is 5.52 Å². The zero-order valence-electron chi connectivity index (χ0n) is 8.20. The van der Waals surface area contributed by atoms with Crippen LogP contribution in [0.15, 0.2) is 30.3 Å². The molecule has 0 saturated carbocycles. The van der Waals surface area contributed by atoms with Crippen molar-refractivity contribution in [3.63, 3.8) is 0 Å². The maximum Gasteiger partial charge on any atom is 0.117 e. The van der Waals surface area contributed by atoms with Crippen LogP contribution < -0.4 is 0 Å². The average molecular weight is 187 g/mol. The third kappa shape index (κ3) is 1.69. The summed E-state index contributed by atoms with van der Waals surface area (Å²) in [5.41, 5.74) is 1.96. The van der Waals surface area contributed by atoms with Gasteiger partial charge in [-0.15, -0.1) is 0 Å². The highest BCUT2D eigenvalue weighted by Gasteiger charge is 1.98. The monoisotopic (exact) mass is 187 g/mol. The maximum absolute atomic E-state index is 9.31. The van der Waals surface area contributed by atoms with Crippen LogP contribution in [0.4, 0.5) is 0 Å². The van der Waals surface area contributed by atoms with Crippen molar-refractivity contribution in [2.24, 2.45) is 0 Å². The summed E-state index contributed by atoms with van der Waals surface area (Å²) >= 11 is 0. The lowest BCUT2D eigenvalue weighted by Gasteiger charge is -2.01. The molecule has 0 aliphatic rings. The summed E-state index contributed by atoms with van der Waals surface area (Å²) in [6, 6.07) is 9.36. The second-order valence-corrected chi connectivity index (χ2v) is 3.43. The Labute approximate surface area is 83.2 Å². The van der Waals surface area contributed by atoms with Gasteiger partial charge in [-0.05, 0) is 24.6 Å². The first-order chi connectivity index (χ1) is 6.79. The molecule has 0 unspecified atom stereocenters. The molecule has 14 heavy (non-hydrogen) atoms. The van der Waals surface area contributed by atoms with Crippen LogP contribution in [-0.4, -0.2) is 10.1 Å². The standard InChI is InChI=1S/C12H13NO/c1-2-3-10-6-4-9-5-7-11(14)8-12(9)13-10/h4-8,14H,2-3H2,1H3. The van der Waals surface area contributed by atoms with Gasteiger partial charge >= 0.3 is 0 Å². The Hall–Kier alpha value is -1.57. The number of benzene rings is 1. The normalized spacial score (nSPS) is 10.6. The van der Waals surface area contributed by atoms with Crippen LogP contribution in [0.25, 0.3) is 10.9 Å². The minimum absolute atomic E-state index is 0.277. The number of aromatic hydroxyl groups is 1. The van der Waals surface area contributed by atoms with Crippen molar-refractivity contribution in [2.45, 2.75) is 19.8 Å². The van der Waals surface area contributed by atoms with Gasteiger partial charge in [-0.25, -0.2) is 0 Å². The number of fused-ring (bicyclic) bond motifs is 1. The highest BCUT2D eigenvalue weighted by atomic mass is 16.3. The van der Waals surface area contributed by atoms with Crippen LogP contribution in [0.1, 0.15) is 19.0 Å². The second kappa shape index (κ2) is 3.66. The van der Waals surface area contributed by atoms with Crippen molar-refractivity contribution in [3.8, 4) is 5.75 Å². The van der Waals surface area contributed by atoms with Crippen molar-refractivity contribution in [3.05, 3.63) is 36.0 Å². The molecule has 0 radical (unpaired) electrons. The first-order valence-electron chi connectivity index (χ1n) is 4.88. The smallest absolute Gasteiger partial charge is 0.117 e. The summed E-state index contributed by atoms with van der Waals surface area (Å²) in [7, 11) is 0. The topological polar surface area (TPSA) is 33.1 Å². The van der Waals surface area contributed by atoms with Gasteiger partial charge in [0, 0.05) is 17.1 Å². The van der Waals surface area contributed by atoms with Crippen molar-refractivity contribution < 1.29 is 5.11 Å². The van der Waals surface area contributed by atoms with Crippen molar-refractivity contribution >= 4 is 10.9 Å². The molecule has 2 heteroatoms. The number of phenolic OH excluding ortho intramolecular Hbond substituents is 1. The van der Waals surface area contributed by atoms with Crippen LogP contribution in [0.3, 0.4) is 0 Å². The van der Waals surface area contributed by atoms with E-state index in [4.69, 9.17) is 0 Å². The molecule has 0 saturated heterocycles. The van der Waals surface area contributed by atoms with Gasteiger partial charge in [-0.3, -0.25) is 4.98 Å². The molecule has 2 rings (SSSR count). The number of hydrogen-bond acceptors (Lipinski definition) is 2. The second-order valence-electron chi connectivity index (χ2n) is 3.43. The van der Waals surface area contributed by atoms with Gasteiger partial charge in [-0.2, -0.15) is 0 Å². The largest absolute Gasteiger partial charge is 0.508 e. The Morgan fingerprint density at radius 1 is 1.21 bits per heavy atom. The van der Waals surface area contributed by atoms with E-state index in [9.17, 15) is 5.11 Å². The minimum atomic E-state index is 0.277. The molecule has 2 nitrogen and oxygen atoms in total. The van der Waals surface area contributed by atoms with E-state index in [1.165, 1.54) is 0 Å². The van der Waals surface area contributed by atoms with Crippen molar-refractivity contribution in [1.82, 2.24) is 4.98 Å². The van der Waals surface area contributed by atoms with Crippen LogP contribution in [0, 0.1) is 0 Å². The quantitative estimate of drug-likeness (QED) is 0.784. The van der Waals surface area contributed by atoms with E-state index in [2.05, 4.69) is 11.9 Å². The summed E-state index contributed by atoms with van der Waals surface area (Å²) in [5.74, 6) is 0.277. The van der Waals surface area contributed by atoms with Gasteiger partial charge in [-0.1, -0.05) is 19.4 Å². The molecule has 1 N–H and O–H groups in total. The molecule has 0 bridgehead atoms. The zero-order valence-corrected chi connectivity index (χ0v) is 8.20. The van der Waals surface area contributed by atoms with E-state index >= 15 is 0 Å². The van der Waals surface area contributed by atoms with Gasteiger partial charge in [0.2, 0.25) is 0 Å². The van der Waals surface area contributed by atoms with E-state index in [0.717, 1.165) is 29.4 Å². The number of nitrogens with zero attached hydrogens (tertiary/aromatic N) is 1. The summed E-state index contributed by atoms with van der Waals surface area (Å²) in [6.07, 6.45) is 2.09. The molecule has 72 valence electrons. The maximum atomic E-state index is 9.31. The first-order valence-corrected chi connectivity index (χ1v) is 4.88. The fraction of sp³-hybridized carbons (Fsp3) is 0.250. The van der Waals surface area contributed by atoms with Gasteiger partial charge in [0.1, 0.15) is 5.75 Å². The summed E-state index contributed by atoms with van der Waals surface area (Å²) in [6.45, 7) is 2.13. The molecular weight excluding hydrogens is 174 g/mol. The number of rotatable bonds is 2. The molecule has 2 aromatic rings. The minimum Gasteiger partial charge on any atom is -0.508 e. The van der Waals surface area contributed by atoms with Gasteiger partial charge in [0.15, 0.2) is 0 Å². The van der Waals surface area contributed by atoms with Crippen molar-refractivity contribution in [1.29, 1.82) is 0 Å². The predicted molar refractivity (Wildman–Crippen MR) is 57.4 cm³/mol. The molecule has 0 atom stereocenters. The third-order valence-corrected chi connectivity index (χ3v) is 2.24. The average Bonchev–Trinajstić information content (AvgIpc) is 2.17. The van der Waals surface area contributed by atoms with Crippen LogP contribution >= 0.6 is 0 Å². The SMILES string of the molecule is CCCc1ccc2ccc(O)cc2n1. The Balaban J connectivity index is 2.52. The number of hydrogen-bond donors (Lipinski definition) is 1. The Kier molecular flexibility index (Phi) is 2.35. The van der Waals surface area contributed by atoms with E-state index in [-0.39, 0.29) is 5.75 Å². The number of phenols is 1. The number of aromatic nitrogens is 1. The highest BCUT2D eigenvalue weighted by Crippen LogP contribution is 2.18. The highest BCUT2D eigenvalue weighted by molar-refractivity contribution is 5.80. The molecule has 1 aromatic carbocycles. The lowest BCUT2D eigenvalue weighted by atomic mass is 10.1. The Morgan fingerprint density at radius 2 is 2.00 bits per heavy atom. The molecule has 0 aliphatic heterocycles. The van der Waals surface area contributed by atoms with Gasteiger partial charge < -0.3 is 5.11 Å². The summed E-state index contributed by atoms with van der Waals surface area (Å²) < 4.78 is 0. The molecular formula is C12H13NO. The van der Waals surface area contributed by atoms with E-state index in [0.29, 0.717) is 0 Å². The molecule has 1 aromatic heterocycles. The van der Waals surface area contributed by atoms with E-state index < -0.39 is 0 Å². The van der Waals surface area contributed by atoms with E-state index in [1.54, 1.807) is 12.1 Å². The zero-order chi connectivity index (χ0) is 9.97. The Morgan fingerprint density at radius 3 is 2.79 bits per heavy atom. The van der Waals surface area contributed by atoms with Crippen molar-refractivity contribution in [2.75, 3.05) is 0 Å². The summed E-state index contributed by atoms with van der Waals surface area (Å²) in [4.78, 5) is 4.47. The molecule has 0 aliphatic carbocycles. The summed E-state index contributed by atoms with van der Waals surface area (Å²) in [5, 5.41) is 10.4. The predicted octanol–water partition coefficient (Wildman–Crippen LogP) is 2.89. The Bertz CT molecular complexity index is 451. The van der Waals surface area contributed by atoms with Crippen LogP contribution in [0.5, 0.6) is 5.75 Å². The fourth-order valence-corrected chi connectivity index (χ4v) is 1.54. The van der Waals surface area contributed by atoms with Crippen LogP contribution in [0.2, 0.25) is 0 Å². The lowest BCUT2D eigenvalue weighted by molar-refractivity contribution is 0.476. The first kappa shape index (κ1) is 9.00. The molecule has 1 heterocycles. The lowest BCUT2D eigenvalue weighted by Crippen LogP contribution is -1.88. The van der Waals surface area contributed by atoms with Gasteiger partial charge in [0.25, 0.3) is 0 Å². The van der Waals surface area contributed by atoms with E-state index in [1.807, 2.05) is 18.2 Å². The third-order valence-electron chi connectivity index (χ3n) is 2.24. The molecule has 0 fully saturated rings. The fourth-order valence-electron chi connectivity index (χ4n) is 1.54.